The summed E-state index contributed by atoms with van der Waals surface area (Å²) in [5.41, 5.74) is 4.19. The Labute approximate surface area is 131 Å². The van der Waals surface area contributed by atoms with Gasteiger partial charge in [-0.2, -0.15) is 0 Å². The summed E-state index contributed by atoms with van der Waals surface area (Å²) in [7, 11) is 3.33. The van der Waals surface area contributed by atoms with Crippen LogP contribution in [0.4, 0.5) is 0 Å². The molecule has 0 saturated heterocycles. The van der Waals surface area contributed by atoms with E-state index in [1.54, 1.807) is 20.3 Å². The predicted molar refractivity (Wildman–Crippen MR) is 86.1 cm³/mol. The van der Waals surface area contributed by atoms with Crippen LogP contribution >= 0.6 is 0 Å². The van der Waals surface area contributed by atoms with Gasteiger partial charge < -0.3 is 19.9 Å². The molecule has 0 fully saturated rings. The van der Waals surface area contributed by atoms with Gasteiger partial charge in [0.05, 0.1) is 20.0 Å². The standard InChI is InChI=1S/C18H23NO3/c1-21-14-4-5-15-13(11-14)7-8-19-16(15)9-12-3-6-17(20)18(10-12)22-2/h3-4,6,10,16,19-20H,5,7-9,11H2,1-2H3. The molecule has 22 heavy (non-hydrogen) atoms. The Bertz CT molecular complexity index is 619. The highest BCUT2D eigenvalue weighted by molar-refractivity contribution is 5.43. The minimum Gasteiger partial charge on any atom is -0.504 e. The zero-order valence-corrected chi connectivity index (χ0v) is 13.2. The maximum atomic E-state index is 9.71. The van der Waals surface area contributed by atoms with Crippen LogP contribution in [0.3, 0.4) is 0 Å². The number of aromatic hydroxyl groups is 1. The summed E-state index contributed by atoms with van der Waals surface area (Å²) >= 11 is 0. The van der Waals surface area contributed by atoms with E-state index in [0.717, 1.165) is 38.0 Å². The highest BCUT2D eigenvalue weighted by atomic mass is 16.5. The number of allylic oxidation sites excluding steroid dienone is 2. The van der Waals surface area contributed by atoms with Crippen LogP contribution in [0.15, 0.2) is 41.2 Å². The molecule has 1 aliphatic heterocycles. The second-order valence-electron chi connectivity index (χ2n) is 5.85. The fraction of sp³-hybridized carbons (Fsp3) is 0.444. The van der Waals surface area contributed by atoms with Crippen molar-refractivity contribution in [3.05, 3.63) is 46.7 Å². The Morgan fingerprint density at radius 3 is 2.91 bits per heavy atom. The second-order valence-corrected chi connectivity index (χ2v) is 5.85. The number of hydrogen-bond donors (Lipinski definition) is 2. The van der Waals surface area contributed by atoms with Crippen LogP contribution in [0.1, 0.15) is 24.8 Å². The Morgan fingerprint density at radius 2 is 2.14 bits per heavy atom. The van der Waals surface area contributed by atoms with Crippen molar-refractivity contribution in [3.8, 4) is 11.5 Å². The average molecular weight is 301 g/mol. The van der Waals surface area contributed by atoms with E-state index in [2.05, 4.69) is 11.4 Å². The van der Waals surface area contributed by atoms with Gasteiger partial charge in [0.25, 0.3) is 0 Å². The quantitative estimate of drug-likeness (QED) is 0.840. The summed E-state index contributed by atoms with van der Waals surface area (Å²) in [6.07, 6.45) is 6.11. The maximum absolute atomic E-state index is 9.71. The van der Waals surface area contributed by atoms with Crippen LogP contribution in [0, 0.1) is 0 Å². The fourth-order valence-electron chi connectivity index (χ4n) is 3.36. The first-order chi connectivity index (χ1) is 10.7. The summed E-state index contributed by atoms with van der Waals surface area (Å²) < 4.78 is 10.6. The van der Waals surface area contributed by atoms with Gasteiger partial charge in [-0.05, 0) is 55.2 Å². The van der Waals surface area contributed by atoms with Crippen molar-refractivity contribution >= 4 is 0 Å². The van der Waals surface area contributed by atoms with E-state index in [0.29, 0.717) is 11.8 Å². The van der Waals surface area contributed by atoms with Gasteiger partial charge in [0, 0.05) is 12.5 Å². The third-order valence-corrected chi connectivity index (χ3v) is 4.58. The van der Waals surface area contributed by atoms with Gasteiger partial charge in [-0.3, -0.25) is 0 Å². The number of benzene rings is 1. The maximum Gasteiger partial charge on any atom is 0.160 e. The molecule has 3 rings (SSSR count). The molecule has 0 spiro atoms. The van der Waals surface area contributed by atoms with Gasteiger partial charge in [0.15, 0.2) is 11.5 Å². The second kappa shape index (κ2) is 6.44. The monoisotopic (exact) mass is 301 g/mol. The Balaban J connectivity index is 1.78. The normalized spacial score (nSPS) is 21.2. The summed E-state index contributed by atoms with van der Waals surface area (Å²) in [5.74, 6) is 1.81. The zero-order valence-electron chi connectivity index (χ0n) is 13.2. The SMILES string of the molecule is COC1=CCC2=C(CCNC2Cc2ccc(O)c(OC)c2)C1. The van der Waals surface area contributed by atoms with E-state index in [1.165, 1.54) is 16.7 Å². The predicted octanol–water partition coefficient (Wildman–Crippen LogP) is 2.93. The van der Waals surface area contributed by atoms with Crippen LogP contribution in [0.25, 0.3) is 0 Å². The third-order valence-electron chi connectivity index (χ3n) is 4.58. The van der Waals surface area contributed by atoms with Crippen LogP contribution in [0.2, 0.25) is 0 Å². The van der Waals surface area contributed by atoms with Gasteiger partial charge in [0.2, 0.25) is 0 Å². The molecule has 0 radical (unpaired) electrons. The van der Waals surface area contributed by atoms with Crippen LogP contribution in [-0.2, 0) is 11.2 Å². The highest BCUT2D eigenvalue weighted by Gasteiger charge is 2.25. The first kappa shape index (κ1) is 15.0. The van der Waals surface area contributed by atoms with Gasteiger partial charge in [-0.1, -0.05) is 11.6 Å². The third kappa shape index (κ3) is 2.97. The van der Waals surface area contributed by atoms with Crippen molar-refractivity contribution in [2.45, 2.75) is 31.7 Å². The number of hydrogen-bond acceptors (Lipinski definition) is 4. The molecule has 1 atom stereocenters. The van der Waals surface area contributed by atoms with E-state index >= 15 is 0 Å². The molecule has 4 heteroatoms. The largest absolute Gasteiger partial charge is 0.504 e. The molecule has 0 amide bonds. The molecule has 1 aromatic rings. The van der Waals surface area contributed by atoms with Gasteiger partial charge in [-0.15, -0.1) is 0 Å². The lowest BCUT2D eigenvalue weighted by Gasteiger charge is -2.32. The van der Waals surface area contributed by atoms with Gasteiger partial charge >= 0.3 is 0 Å². The summed E-state index contributed by atoms with van der Waals surface area (Å²) in [5, 5.41) is 13.3. The molecule has 1 aromatic carbocycles. The lowest BCUT2D eigenvalue weighted by molar-refractivity contribution is 0.276. The molecule has 1 aliphatic carbocycles. The smallest absolute Gasteiger partial charge is 0.160 e. The Hall–Kier alpha value is -1.94. The minimum absolute atomic E-state index is 0.188. The fourth-order valence-corrected chi connectivity index (χ4v) is 3.36. The van der Waals surface area contributed by atoms with E-state index in [1.807, 2.05) is 12.1 Å². The van der Waals surface area contributed by atoms with Gasteiger partial charge in [-0.25, -0.2) is 0 Å². The van der Waals surface area contributed by atoms with Crippen molar-refractivity contribution in [2.75, 3.05) is 20.8 Å². The summed E-state index contributed by atoms with van der Waals surface area (Å²) in [6, 6.07) is 5.95. The molecule has 0 saturated carbocycles. The lowest BCUT2D eigenvalue weighted by Crippen LogP contribution is -2.39. The average Bonchev–Trinajstić information content (AvgIpc) is 2.56. The highest BCUT2D eigenvalue weighted by Crippen LogP contribution is 2.33. The first-order valence-corrected chi connectivity index (χ1v) is 7.74. The molecular weight excluding hydrogens is 278 g/mol. The molecular formula is C18H23NO3. The number of rotatable bonds is 4. The zero-order chi connectivity index (χ0) is 15.5. The lowest BCUT2D eigenvalue weighted by atomic mass is 9.83. The molecule has 118 valence electrons. The van der Waals surface area contributed by atoms with Crippen molar-refractivity contribution < 1.29 is 14.6 Å². The molecule has 0 aromatic heterocycles. The van der Waals surface area contributed by atoms with Crippen molar-refractivity contribution in [1.29, 1.82) is 0 Å². The minimum atomic E-state index is 0.188. The van der Waals surface area contributed by atoms with Crippen molar-refractivity contribution in [2.24, 2.45) is 0 Å². The van der Waals surface area contributed by atoms with Crippen LogP contribution < -0.4 is 10.1 Å². The van der Waals surface area contributed by atoms with Crippen LogP contribution in [-0.4, -0.2) is 31.9 Å². The molecule has 1 unspecified atom stereocenters. The first-order valence-electron chi connectivity index (χ1n) is 7.74. The van der Waals surface area contributed by atoms with Crippen LogP contribution in [0.5, 0.6) is 11.5 Å². The van der Waals surface area contributed by atoms with E-state index in [-0.39, 0.29) is 5.75 Å². The number of ether oxygens (including phenoxy) is 2. The molecule has 2 N–H and O–H groups in total. The van der Waals surface area contributed by atoms with E-state index in [4.69, 9.17) is 9.47 Å². The number of methoxy groups -OCH3 is 2. The number of phenols is 1. The van der Waals surface area contributed by atoms with Crippen molar-refractivity contribution in [3.63, 3.8) is 0 Å². The summed E-state index contributed by atoms with van der Waals surface area (Å²) in [4.78, 5) is 0. The Kier molecular flexibility index (Phi) is 4.39. The topological polar surface area (TPSA) is 50.7 Å². The number of phenolic OH excluding ortho intramolecular Hbond substituents is 1. The van der Waals surface area contributed by atoms with E-state index in [9.17, 15) is 5.11 Å². The Morgan fingerprint density at radius 1 is 1.27 bits per heavy atom. The molecule has 1 heterocycles. The van der Waals surface area contributed by atoms with Gasteiger partial charge in [0.1, 0.15) is 0 Å². The van der Waals surface area contributed by atoms with E-state index < -0.39 is 0 Å². The van der Waals surface area contributed by atoms with Crippen molar-refractivity contribution in [1.82, 2.24) is 5.32 Å². The summed E-state index contributed by atoms with van der Waals surface area (Å²) in [6.45, 7) is 1.01. The molecule has 4 nitrogen and oxygen atoms in total. The number of nitrogens with one attached hydrogen (secondary N) is 1. The molecule has 2 aliphatic rings. The molecule has 0 bridgehead atoms.